The van der Waals surface area contributed by atoms with Gasteiger partial charge in [0.25, 0.3) is 0 Å². The smallest absolute Gasteiger partial charge is 0.237 e. The van der Waals surface area contributed by atoms with Crippen molar-refractivity contribution in [2.75, 3.05) is 5.75 Å². The van der Waals surface area contributed by atoms with Crippen molar-refractivity contribution in [3.63, 3.8) is 0 Å². The van der Waals surface area contributed by atoms with Crippen molar-refractivity contribution in [1.82, 2.24) is 20.1 Å². The molecule has 1 saturated carbocycles. The van der Waals surface area contributed by atoms with E-state index in [-0.39, 0.29) is 5.91 Å². The number of nitrogens with one attached hydrogen (secondary N) is 1. The zero-order valence-electron chi connectivity index (χ0n) is 16.9. The van der Waals surface area contributed by atoms with Crippen molar-refractivity contribution < 1.29 is 9.21 Å². The maximum absolute atomic E-state index is 13.0. The average molecular weight is 415 g/mol. The summed E-state index contributed by atoms with van der Waals surface area (Å²) in [6.07, 6.45) is 15.7. The van der Waals surface area contributed by atoms with E-state index in [2.05, 4.69) is 21.3 Å². The van der Waals surface area contributed by atoms with Crippen LogP contribution in [0.3, 0.4) is 0 Å². The second-order valence-electron chi connectivity index (χ2n) is 8.04. The Bertz CT molecular complexity index is 809. The van der Waals surface area contributed by atoms with Crippen LogP contribution < -0.4 is 0 Å². The van der Waals surface area contributed by atoms with Crippen LogP contribution in [0, 0.1) is 5.92 Å². The van der Waals surface area contributed by atoms with E-state index in [1.165, 1.54) is 50.3 Å². The van der Waals surface area contributed by atoms with Crippen molar-refractivity contribution in [1.29, 1.82) is 0 Å². The highest BCUT2D eigenvalue weighted by atomic mass is 32.2. The molecule has 2 aromatic rings. The van der Waals surface area contributed by atoms with Crippen LogP contribution in [-0.2, 0) is 17.8 Å². The summed E-state index contributed by atoms with van der Waals surface area (Å²) in [5, 5.41) is 8.02. The van der Waals surface area contributed by atoms with Crippen LogP contribution >= 0.6 is 11.8 Å². The van der Waals surface area contributed by atoms with Crippen molar-refractivity contribution >= 4 is 17.7 Å². The highest BCUT2D eigenvalue weighted by molar-refractivity contribution is 7.99. The number of allylic oxidation sites excluding steroid dienone is 2. The Balaban J connectivity index is 1.32. The van der Waals surface area contributed by atoms with Gasteiger partial charge in [-0.25, -0.2) is 4.98 Å². The fraction of sp³-hybridized carbons (Fsp3) is 0.591. The molecular formula is C22H30N4O2S. The number of aryl methyl sites for hydroxylation is 1. The molecule has 2 aromatic heterocycles. The van der Waals surface area contributed by atoms with Crippen molar-refractivity contribution in [2.24, 2.45) is 5.92 Å². The summed E-state index contributed by atoms with van der Waals surface area (Å²) in [4.78, 5) is 19.5. The van der Waals surface area contributed by atoms with E-state index in [1.54, 1.807) is 6.26 Å². The molecule has 0 unspecified atom stereocenters. The molecule has 0 aromatic carbocycles. The van der Waals surface area contributed by atoms with E-state index >= 15 is 0 Å². The van der Waals surface area contributed by atoms with Crippen LogP contribution in [0.25, 0.3) is 0 Å². The molecule has 0 radical (unpaired) electrons. The number of aromatic amines is 1. The van der Waals surface area contributed by atoms with Gasteiger partial charge in [-0.3, -0.25) is 9.89 Å². The molecule has 0 bridgehead atoms. The molecule has 0 spiro atoms. The van der Waals surface area contributed by atoms with Crippen LogP contribution in [-0.4, -0.2) is 31.7 Å². The summed E-state index contributed by atoms with van der Waals surface area (Å²) in [5.41, 5.74) is 1.12. The quantitative estimate of drug-likeness (QED) is 0.578. The number of rotatable bonds is 9. The molecule has 2 heterocycles. The summed E-state index contributed by atoms with van der Waals surface area (Å²) in [6, 6.07) is 3.78. The monoisotopic (exact) mass is 414 g/mol. The van der Waals surface area contributed by atoms with Crippen LogP contribution in [0.2, 0.25) is 0 Å². The number of furan rings is 1. The first-order valence-electron chi connectivity index (χ1n) is 10.8. The number of thioether (sulfide) groups is 1. The van der Waals surface area contributed by atoms with E-state index in [9.17, 15) is 4.79 Å². The number of hydrogen-bond acceptors (Lipinski definition) is 5. The molecule has 1 N–H and O–H groups in total. The molecule has 1 amide bonds. The number of carbonyl (C=O) groups is 1. The third kappa shape index (κ3) is 5.75. The topological polar surface area (TPSA) is 75.0 Å². The van der Waals surface area contributed by atoms with Crippen LogP contribution in [0.5, 0.6) is 0 Å². The lowest BCUT2D eigenvalue weighted by atomic mass is 10.0. The summed E-state index contributed by atoms with van der Waals surface area (Å²) < 4.78 is 5.48. The van der Waals surface area contributed by atoms with Crippen LogP contribution in [0.15, 0.2) is 39.7 Å². The van der Waals surface area contributed by atoms with E-state index in [0.717, 1.165) is 48.9 Å². The van der Waals surface area contributed by atoms with Crippen molar-refractivity contribution in [3.8, 4) is 0 Å². The number of carbonyl (C=O) groups excluding carboxylic acids is 1. The summed E-state index contributed by atoms with van der Waals surface area (Å²) in [6.45, 7) is 0.485. The number of nitrogens with zero attached hydrogens (tertiary/aromatic N) is 3. The Hall–Kier alpha value is -2.02. The normalized spacial score (nSPS) is 17.4. The molecule has 156 valence electrons. The van der Waals surface area contributed by atoms with E-state index in [4.69, 9.17) is 4.42 Å². The molecule has 6 nitrogen and oxygen atoms in total. The third-order valence-electron chi connectivity index (χ3n) is 5.91. The highest BCUT2D eigenvalue weighted by Gasteiger charge is 2.22. The Morgan fingerprint density at radius 1 is 1.28 bits per heavy atom. The lowest BCUT2D eigenvalue weighted by Crippen LogP contribution is -2.32. The largest absolute Gasteiger partial charge is 0.467 e. The molecule has 0 saturated heterocycles. The van der Waals surface area contributed by atoms with Crippen molar-refractivity contribution in [3.05, 3.63) is 41.8 Å². The number of aromatic nitrogens is 3. The molecule has 2 aliphatic carbocycles. The maximum atomic E-state index is 13.0. The zero-order valence-corrected chi connectivity index (χ0v) is 17.8. The van der Waals surface area contributed by atoms with Gasteiger partial charge in [0.1, 0.15) is 11.6 Å². The van der Waals surface area contributed by atoms with Gasteiger partial charge in [0.2, 0.25) is 11.1 Å². The Kier molecular flexibility index (Phi) is 7.09. The lowest BCUT2D eigenvalue weighted by molar-refractivity contribution is -0.127. The van der Waals surface area contributed by atoms with E-state index < -0.39 is 0 Å². The predicted octanol–water partition coefficient (Wildman–Crippen LogP) is 5.10. The highest BCUT2D eigenvalue weighted by Crippen LogP contribution is 2.29. The molecule has 29 heavy (non-hydrogen) atoms. The Morgan fingerprint density at radius 2 is 2.17 bits per heavy atom. The fourth-order valence-electron chi connectivity index (χ4n) is 4.27. The van der Waals surface area contributed by atoms with Gasteiger partial charge < -0.3 is 9.32 Å². The van der Waals surface area contributed by atoms with E-state index in [0.29, 0.717) is 17.5 Å². The Morgan fingerprint density at radius 3 is 2.93 bits per heavy atom. The molecular weight excluding hydrogens is 384 g/mol. The first kappa shape index (κ1) is 20.3. The van der Waals surface area contributed by atoms with Gasteiger partial charge >= 0.3 is 0 Å². The Labute approximate surface area is 176 Å². The number of hydrogen-bond donors (Lipinski definition) is 1. The second-order valence-corrected chi connectivity index (χ2v) is 8.99. The molecule has 7 heteroatoms. The molecule has 0 aliphatic heterocycles. The minimum atomic E-state index is 0.0804. The first-order valence-corrected chi connectivity index (χ1v) is 11.8. The van der Waals surface area contributed by atoms with Crippen LogP contribution in [0.1, 0.15) is 69.4 Å². The van der Waals surface area contributed by atoms with Gasteiger partial charge in [-0.2, -0.15) is 0 Å². The summed E-state index contributed by atoms with van der Waals surface area (Å²) in [5.74, 6) is 3.00. The average Bonchev–Trinajstić information content (AvgIpc) is 3.52. The molecule has 2 aliphatic rings. The number of amides is 1. The van der Waals surface area contributed by atoms with Gasteiger partial charge in [0, 0.05) is 12.1 Å². The minimum absolute atomic E-state index is 0.0804. The zero-order chi connectivity index (χ0) is 19.9. The molecule has 0 atom stereocenters. The molecule has 1 fully saturated rings. The SMILES string of the molecule is O=C(CSc1n[nH]c(CCC2CCCC2)n1)N(Cc1ccco1)C1=CCCCC1. The van der Waals surface area contributed by atoms with Gasteiger partial charge in [0.05, 0.1) is 18.6 Å². The second kappa shape index (κ2) is 10.1. The fourth-order valence-corrected chi connectivity index (χ4v) is 4.97. The first-order chi connectivity index (χ1) is 14.3. The van der Waals surface area contributed by atoms with Gasteiger partial charge in [-0.05, 0) is 50.2 Å². The standard InChI is InChI=1S/C22H30N4O2S/c27-21(26(15-19-11-6-14-28-19)18-9-2-1-3-10-18)16-29-22-23-20(24-25-22)13-12-17-7-4-5-8-17/h6,9,11,14,17H,1-5,7-8,10,12-13,15-16H2,(H,23,24,25). The predicted molar refractivity (Wildman–Crippen MR) is 113 cm³/mol. The molecule has 4 rings (SSSR count). The minimum Gasteiger partial charge on any atom is -0.467 e. The van der Waals surface area contributed by atoms with Crippen LogP contribution in [0.4, 0.5) is 0 Å². The van der Waals surface area contributed by atoms with Gasteiger partial charge in [-0.15, -0.1) is 5.10 Å². The van der Waals surface area contributed by atoms with Gasteiger partial charge in [-0.1, -0.05) is 43.5 Å². The van der Waals surface area contributed by atoms with Crippen molar-refractivity contribution in [2.45, 2.75) is 75.9 Å². The van der Waals surface area contributed by atoms with Gasteiger partial charge in [0.15, 0.2) is 0 Å². The maximum Gasteiger partial charge on any atom is 0.237 e. The summed E-state index contributed by atoms with van der Waals surface area (Å²) >= 11 is 1.41. The van der Waals surface area contributed by atoms with E-state index in [1.807, 2.05) is 17.0 Å². The summed E-state index contributed by atoms with van der Waals surface area (Å²) in [7, 11) is 0. The third-order valence-corrected chi connectivity index (χ3v) is 6.74. The number of H-pyrrole nitrogens is 1. The lowest BCUT2D eigenvalue weighted by Gasteiger charge is -2.26.